The number of ketones is 2. The summed E-state index contributed by atoms with van der Waals surface area (Å²) in [6.07, 6.45) is -0.610. The highest BCUT2D eigenvalue weighted by atomic mass is 32.2. The number of carbonyl (C=O) groups is 2. The zero-order chi connectivity index (χ0) is 40.0. The number of hydrogen-bond acceptors (Lipinski definition) is 10. The Hall–Kier alpha value is -4.52. The van der Waals surface area contributed by atoms with Crippen molar-refractivity contribution in [2.24, 2.45) is 17.6 Å². The van der Waals surface area contributed by atoms with Gasteiger partial charge in [0.1, 0.15) is 29.3 Å². The molecule has 3 aliphatic carbocycles. The van der Waals surface area contributed by atoms with Crippen LogP contribution in [-0.2, 0) is 22.4 Å². The first kappa shape index (κ1) is 39.3. The van der Waals surface area contributed by atoms with E-state index in [1.54, 1.807) is 0 Å². The van der Waals surface area contributed by atoms with Crippen molar-refractivity contribution in [3.8, 4) is 11.6 Å². The van der Waals surface area contributed by atoms with Crippen molar-refractivity contribution < 1.29 is 33.1 Å². The first-order chi connectivity index (χ1) is 27.6. The Bertz CT molecular complexity index is 2230. The van der Waals surface area contributed by atoms with Crippen LogP contribution in [0.15, 0.2) is 119 Å². The highest BCUT2D eigenvalue weighted by Gasteiger charge is 2.74. The lowest BCUT2D eigenvalue weighted by Crippen LogP contribution is -2.72. The molecule has 5 aromatic rings. The number of ether oxygens (including phenoxy) is 2. The molecule has 0 bridgehead atoms. The van der Waals surface area contributed by atoms with Gasteiger partial charge in [0.15, 0.2) is 25.5 Å². The van der Waals surface area contributed by atoms with Gasteiger partial charge >= 0.3 is 0 Å². The first-order valence-corrected chi connectivity index (χ1v) is 23.4. The molecular weight excluding hydrogens is 753 g/mol. The third-order valence-corrected chi connectivity index (χ3v) is 19.1. The number of aromatic nitrogens is 1. The normalized spacial score (nSPS) is 26.5. The standard InChI is InChI=1S/C46H50N2O7SSi/c1-5-57(6-2,7-3)55-42-37-33(24-17-25-36(37)52-27-30-18-11-8-12-19-30)29(4)34-26-35-39(47)40-38(43(48-54-40)53-28-31-20-13-9-14-21-31)41(49)45(35,51)44(50)46(34,42)56-32-22-15-10-16-23-32/h8-25,29,34-35,39,42,51H,5-7,26-28,47H2,1-4H3/t29-,34-,35-,39-,42?,45+,46+/m0/s1. The number of nitrogens with two attached hydrogens (primary N) is 1. The van der Waals surface area contributed by atoms with Gasteiger partial charge in [-0.25, -0.2) is 0 Å². The minimum absolute atomic E-state index is 0.0863. The molecule has 4 aromatic carbocycles. The van der Waals surface area contributed by atoms with E-state index in [1.165, 1.54) is 11.8 Å². The van der Waals surface area contributed by atoms with Crippen LogP contribution in [0.4, 0.5) is 0 Å². The minimum atomic E-state index is -2.53. The van der Waals surface area contributed by atoms with Crippen LogP contribution in [0.5, 0.6) is 11.6 Å². The van der Waals surface area contributed by atoms with Crippen LogP contribution < -0.4 is 15.2 Å². The number of fused-ring (bicyclic) bond motifs is 4. The van der Waals surface area contributed by atoms with Crippen LogP contribution in [0.3, 0.4) is 0 Å². The summed E-state index contributed by atoms with van der Waals surface area (Å²) in [6.45, 7) is 9.04. The van der Waals surface area contributed by atoms with Gasteiger partial charge in [-0.2, -0.15) is 0 Å². The molecule has 1 unspecified atom stereocenters. The molecule has 9 nitrogen and oxygen atoms in total. The Kier molecular flexibility index (Phi) is 10.8. The molecule has 7 atom stereocenters. The topological polar surface area (TPSA) is 134 Å². The van der Waals surface area contributed by atoms with Crippen LogP contribution in [0.2, 0.25) is 18.1 Å². The van der Waals surface area contributed by atoms with Gasteiger partial charge in [-0.3, -0.25) is 9.59 Å². The van der Waals surface area contributed by atoms with Gasteiger partial charge in [0, 0.05) is 16.4 Å². The van der Waals surface area contributed by atoms with E-state index in [4.69, 9.17) is 24.2 Å². The number of nitrogens with zero attached hydrogens (tertiary/aromatic N) is 1. The fraction of sp³-hybridized carbons (Fsp3) is 0.370. The van der Waals surface area contributed by atoms with Crippen molar-refractivity contribution >= 4 is 31.6 Å². The molecule has 1 saturated carbocycles. The largest absolute Gasteiger partial charge is 0.489 e. The predicted molar refractivity (Wildman–Crippen MR) is 222 cm³/mol. The summed E-state index contributed by atoms with van der Waals surface area (Å²) in [4.78, 5) is 32.2. The molecule has 8 rings (SSSR count). The van der Waals surface area contributed by atoms with Crippen molar-refractivity contribution in [1.82, 2.24) is 5.16 Å². The van der Waals surface area contributed by atoms with Gasteiger partial charge in [0.2, 0.25) is 5.78 Å². The molecule has 1 aromatic heterocycles. The Balaban J connectivity index is 1.32. The maximum Gasteiger partial charge on any atom is 0.265 e. The molecule has 0 amide bonds. The lowest BCUT2D eigenvalue weighted by atomic mass is 9.51. The van der Waals surface area contributed by atoms with E-state index in [-0.39, 0.29) is 36.1 Å². The third kappa shape index (κ3) is 6.48. The zero-order valence-corrected chi connectivity index (χ0v) is 34.7. The maximum atomic E-state index is 16.3. The van der Waals surface area contributed by atoms with E-state index < -0.39 is 54.2 Å². The molecule has 296 valence electrons. The zero-order valence-electron chi connectivity index (χ0n) is 32.9. The summed E-state index contributed by atoms with van der Waals surface area (Å²) in [7, 11) is -2.53. The molecule has 1 heterocycles. The molecule has 0 saturated heterocycles. The fourth-order valence-corrected chi connectivity index (χ4v) is 14.1. The van der Waals surface area contributed by atoms with Gasteiger partial charge in [0.25, 0.3) is 5.88 Å². The molecular formula is C46H50N2O7SSi. The number of thioether (sulfide) groups is 1. The maximum absolute atomic E-state index is 16.3. The van der Waals surface area contributed by atoms with E-state index in [1.807, 2.05) is 103 Å². The average Bonchev–Trinajstić information content (AvgIpc) is 3.68. The Morgan fingerprint density at radius 3 is 2.04 bits per heavy atom. The molecule has 0 radical (unpaired) electrons. The third-order valence-electron chi connectivity index (χ3n) is 12.9. The first-order valence-electron chi connectivity index (χ1n) is 20.1. The van der Waals surface area contributed by atoms with Crippen LogP contribution in [0.25, 0.3) is 0 Å². The SMILES string of the molecule is CC[Si](CC)(CC)OC1c2c(OCc3ccccc3)cccc2[C@H](C)[C@@H]2C[C@H]3[C@H](N)c4onc(OCc5ccccc5)c4C(=O)[C@@]3(O)C(=O)[C@]12Sc1ccccc1. The summed E-state index contributed by atoms with van der Waals surface area (Å²) in [6, 6.07) is 36.7. The second-order valence-corrected chi connectivity index (χ2v) is 21.7. The quantitative estimate of drug-likeness (QED) is 0.0876. The van der Waals surface area contributed by atoms with Crippen LogP contribution in [-0.4, -0.2) is 40.5 Å². The highest BCUT2D eigenvalue weighted by Crippen LogP contribution is 2.67. The number of benzene rings is 4. The lowest BCUT2D eigenvalue weighted by Gasteiger charge is -2.60. The fourth-order valence-electron chi connectivity index (χ4n) is 9.53. The predicted octanol–water partition coefficient (Wildman–Crippen LogP) is 9.38. The second kappa shape index (κ2) is 15.7. The number of rotatable bonds is 13. The monoisotopic (exact) mass is 802 g/mol. The van der Waals surface area contributed by atoms with E-state index >= 15 is 9.59 Å². The Labute approximate surface area is 339 Å². The summed E-state index contributed by atoms with van der Waals surface area (Å²) in [5.41, 5.74) is 8.06. The van der Waals surface area contributed by atoms with Crippen molar-refractivity contribution in [2.75, 3.05) is 0 Å². The minimum Gasteiger partial charge on any atom is -0.489 e. The van der Waals surface area contributed by atoms with E-state index in [2.05, 4.69) is 38.9 Å². The van der Waals surface area contributed by atoms with Crippen molar-refractivity contribution in [3.05, 3.63) is 143 Å². The van der Waals surface area contributed by atoms with E-state index in [9.17, 15) is 5.11 Å². The number of carbonyl (C=O) groups excluding carboxylic acids is 2. The average molecular weight is 803 g/mol. The van der Waals surface area contributed by atoms with Gasteiger partial charge in [-0.1, -0.05) is 119 Å². The summed E-state index contributed by atoms with van der Waals surface area (Å²) in [5, 5.41) is 17.3. The van der Waals surface area contributed by atoms with Crippen molar-refractivity contribution in [1.29, 1.82) is 0 Å². The van der Waals surface area contributed by atoms with Crippen molar-refractivity contribution in [3.63, 3.8) is 0 Å². The molecule has 11 heteroatoms. The molecule has 57 heavy (non-hydrogen) atoms. The molecule has 3 aliphatic rings. The van der Waals surface area contributed by atoms with E-state index in [0.717, 1.165) is 45.3 Å². The Morgan fingerprint density at radius 2 is 1.42 bits per heavy atom. The summed E-state index contributed by atoms with van der Waals surface area (Å²) < 4.78 is 24.7. The van der Waals surface area contributed by atoms with Crippen LogP contribution in [0, 0.1) is 11.8 Å². The number of hydrogen-bond donors (Lipinski definition) is 2. The molecule has 3 N–H and O–H groups in total. The summed E-state index contributed by atoms with van der Waals surface area (Å²) in [5.74, 6) is -2.37. The van der Waals surface area contributed by atoms with Crippen LogP contribution >= 0.6 is 11.8 Å². The summed E-state index contributed by atoms with van der Waals surface area (Å²) >= 11 is 1.40. The van der Waals surface area contributed by atoms with Gasteiger partial charge in [0.05, 0.1) is 12.1 Å². The number of Topliss-reactive ketones (excluding diaryl/α,β-unsaturated/α-hetero) is 2. The van der Waals surface area contributed by atoms with Gasteiger partial charge in [-0.15, -0.1) is 11.8 Å². The van der Waals surface area contributed by atoms with E-state index in [0.29, 0.717) is 12.4 Å². The number of aliphatic hydroxyl groups is 1. The Morgan fingerprint density at radius 1 is 0.825 bits per heavy atom. The smallest absolute Gasteiger partial charge is 0.265 e. The van der Waals surface area contributed by atoms with Crippen LogP contribution in [0.1, 0.15) is 90.6 Å². The highest BCUT2D eigenvalue weighted by molar-refractivity contribution is 8.01. The van der Waals surface area contributed by atoms with Crippen molar-refractivity contribution in [2.45, 2.75) is 98.8 Å². The lowest BCUT2D eigenvalue weighted by molar-refractivity contribution is -0.157. The molecule has 1 fully saturated rings. The molecule has 0 spiro atoms. The molecule has 0 aliphatic heterocycles. The second-order valence-electron chi connectivity index (χ2n) is 15.7. The van der Waals surface area contributed by atoms with Gasteiger partial charge in [-0.05, 0) is 76.4 Å². The van der Waals surface area contributed by atoms with Gasteiger partial charge < -0.3 is 29.3 Å².